The molecule has 4 aromatic rings. The van der Waals surface area contributed by atoms with Crippen LogP contribution in [0.15, 0.2) is 84.9 Å². The van der Waals surface area contributed by atoms with Crippen molar-refractivity contribution in [3.05, 3.63) is 123 Å². The van der Waals surface area contributed by atoms with Crippen molar-refractivity contribution in [3.8, 4) is 0 Å². The lowest BCUT2D eigenvalue weighted by atomic mass is 9.98. The molecule has 182 valence electrons. The van der Waals surface area contributed by atoms with E-state index >= 15 is 0 Å². The van der Waals surface area contributed by atoms with Gasteiger partial charge in [0.1, 0.15) is 5.69 Å². The third kappa shape index (κ3) is 5.15. The van der Waals surface area contributed by atoms with E-state index in [1.165, 1.54) is 0 Å². The molecule has 1 aliphatic rings. The normalized spacial score (nSPS) is 13.8. The summed E-state index contributed by atoms with van der Waals surface area (Å²) in [6.07, 6.45) is 0.634. The van der Waals surface area contributed by atoms with Crippen LogP contribution in [0.3, 0.4) is 0 Å². The molecule has 0 aliphatic carbocycles. The molecule has 1 aliphatic heterocycles. The second-order valence-electron chi connectivity index (χ2n) is 8.69. The van der Waals surface area contributed by atoms with Crippen molar-refractivity contribution in [3.63, 3.8) is 0 Å². The van der Waals surface area contributed by atoms with Crippen LogP contribution >= 0.6 is 23.2 Å². The van der Waals surface area contributed by atoms with Crippen LogP contribution < -0.4 is 5.32 Å². The summed E-state index contributed by atoms with van der Waals surface area (Å²) < 4.78 is 1.59. The lowest BCUT2D eigenvalue weighted by molar-refractivity contribution is 0.0683. The molecule has 1 unspecified atom stereocenters. The topological polar surface area (TPSA) is 67.2 Å². The van der Waals surface area contributed by atoms with E-state index in [0.29, 0.717) is 40.8 Å². The number of halogens is 2. The molecular weight excluding hydrogens is 495 g/mol. The Morgan fingerprint density at radius 2 is 1.58 bits per heavy atom. The number of fused-ring (bicyclic) bond motifs is 1. The Morgan fingerprint density at radius 3 is 2.28 bits per heavy atom. The fourth-order valence-corrected chi connectivity index (χ4v) is 4.91. The predicted octanol–water partition coefficient (Wildman–Crippen LogP) is 5.56. The van der Waals surface area contributed by atoms with Gasteiger partial charge in [-0.05, 0) is 29.7 Å². The van der Waals surface area contributed by atoms with Crippen molar-refractivity contribution in [2.75, 3.05) is 6.54 Å². The van der Waals surface area contributed by atoms with Gasteiger partial charge in [0.15, 0.2) is 5.69 Å². The molecule has 1 aromatic heterocycles. The lowest BCUT2D eigenvalue weighted by Crippen LogP contribution is -2.39. The standard InChI is InChI=1S/C28H24Cl2N4O2/c29-22-12-7-13-23(30)21(22)18-33-14-15-34-26(28(33)36)17-25(32-34)27(35)31-24(20-10-5-2-6-11-20)16-19-8-3-1-4-9-19/h1-13,17,24H,14-16,18H2,(H,31,35). The number of nitrogens with zero attached hydrogens (tertiary/aromatic N) is 3. The van der Waals surface area contributed by atoms with E-state index in [1.807, 2.05) is 60.7 Å². The third-order valence-electron chi connectivity index (χ3n) is 6.30. The first-order chi connectivity index (χ1) is 17.5. The van der Waals surface area contributed by atoms with Crippen molar-refractivity contribution >= 4 is 35.0 Å². The third-order valence-corrected chi connectivity index (χ3v) is 7.01. The van der Waals surface area contributed by atoms with E-state index in [-0.39, 0.29) is 30.1 Å². The molecule has 2 amide bonds. The first-order valence-electron chi connectivity index (χ1n) is 11.7. The van der Waals surface area contributed by atoms with E-state index in [1.54, 1.807) is 33.8 Å². The molecule has 6 nitrogen and oxygen atoms in total. The molecule has 0 spiro atoms. The van der Waals surface area contributed by atoms with Crippen LogP contribution in [0.1, 0.15) is 43.7 Å². The second kappa shape index (κ2) is 10.6. The highest BCUT2D eigenvalue weighted by molar-refractivity contribution is 6.36. The maximum absolute atomic E-state index is 13.3. The predicted molar refractivity (Wildman–Crippen MR) is 140 cm³/mol. The van der Waals surface area contributed by atoms with Crippen LogP contribution in [0.2, 0.25) is 10.0 Å². The Bertz CT molecular complexity index is 1370. The second-order valence-corrected chi connectivity index (χ2v) is 9.51. The van der Waals surface area contributed by atoms with Gasteiger partial charge in [-0.3, -0.25) is 14.3 Å². The van der Waals surface area contributed by atoms with E-state index in [0.717, 1.165) is 11.1 Å². The molecular formula is C28H24Cl2N4O2. The van der Waals surface area contributed by atoms with Gasteiger partial charge in [-0.15, -0.1) is 0 Å². The summed E-state index contributed by atoms with van der Waals surface area (Å²) in [5, 5.41) is 8.58. The number of aromatic nitrogens is 2. The molecule has 0 fully saturated rings. The van der Waals surface area contributed by atoms with Crippen LogP contribution in [0.4, 0.5) is 0 Å². The molecule has 0 radical (unpaired) electrons. The molecule has 0 bridgehead atoms. The fraction of sp³-hybridized carbons (Fsp3) is 0.179. The lowest BCUT2D eigenvalue weighted by Gasteiger charge is -2.28. The van der Waals surface area contributed by atoms with Crippen LogP contribution in [0.5, 0.6) is 0 Å². The molecule has 1 atom stereocenters. The molecule has 36 heavy (non-hydrogen) atoms. The van der Waals surface area contributed by atoms with Crippen molar-refractivity contribution < 1.29 is 9.59 Å². The van der Waals surface area contributed by atoms with Gasteiger partial charge in [0, 0.05) is 34.8 Å². The van der Waals surface area contributed by atoms with Crippen molar-refractivity contribution in [2.24, 2.45) is 0 Å². The minimum atomic E-state index is -0.324. The van der Waals surface area contributed by atoms with E-state index < -0.39 is 0 Å². The zero-order valence-electron chi connectivity index (χ0n) is 19.4. The number of hydrogen-bond donors (Lipinski definition) is 1. The number of carbonyl (C=O) groups excluding carboxylic acids is 2. The van der Waals surface area contributed by atoms with Crippen LogP contribution in [-0.2, 0) is 19.5 Å². The van der Waals surface area contributed by atoms with Gasteiger partial charge in [-0.1, -0.05) is 89.9 Å². The molecule has 1 N–H and O–H groups in total. The summed E-state index contributed by atoms with van der Waals surface area (Å²) in [7, 11) is 0. The smallest absolute Gasteiger partial charge is 0.272 e. The number of carbonyl (C=O) groups is 2. The Morgan fingerprint density at radius 1 is 0.917 bits per heavy atom. The zero-order valence-corrected chi connectivity index (χ0v) is 20.9. The Hall–Kier alpha value is -3.61. The Kier molecular flexibility index (Phi) is 7.07. The first kappa shape index (κ1) is 24.1. The highest BCUT2D eigenvalue weighted by atomic mass is 35.5. The van der Waals surface area contributed by atoms with Gasteiger partial charge in [0.2, 0.25) is 0 Å². The highest BCUT2D eigenvalue weighted by Crippen LogP contribution is 2.27. The van der Waals surface area contributed by atoms with Crippen LogP contribution in [0.25, 0.3) is 0 Å². The van der Waals surface area contributed by atoms with Crippen LogP contribution in [-0.4, -0.2) is 33.0 Å². The molecule has 8 heteroatoms. The van der Waals surface area contributed by atoms with E-state index in [9.17, 15) is 9.59 Å². The van der Waals surface area contributed by atoms with Gasteiger partial charge in [0.05, 0.1) is 12.6 Å². The number of rotatable bonds is 7. The van der Waals surface area contributed by atoms with E-state index in [4.69, 9.17) is 23.2 Å². The SMILES string of the molecule is O=C(NC(Cc1ccccc1)c1ccccc1)c1cc2n(n1)CCN(Cc1c(Cl)cccc1Cl)C2=O. The minimum absolute atomic E-state index is 0.213. The van der Waals surface area contributed by atoms with Gasteiger partial charge >= 0.3 is 0 Å². The quantitative estimate of drug-likeness (QED) is 0.348. The molecule has 2 heterocycles. The molecule has 3 aromatic carbocycles. The summed E-state index contributed by atoms with van der Waals surface area (Å²) in [6.45, 7) is 1.20. The van der Waals surface area contributed by atoms with Gasteiger partial charge in [-0.2, -0.15) is 5.10 Å². The summed E-state index contributed by atoms with van der Waals surface area (Å²) in [5.41, 5.74) is 3.39. The van der Waals surface area contributed by atoms with Crippen molar-refractivity contribution in [1.29, 1.82) is 0 Å². The summed E-state index contributed by atoms with van der Waals surface area (Å²) in [4.78, 5) is 28.1. The van der Waals surface area contributed by atoms with Gasteiger partial charge < -0.3 is 10.2 Å². The fourth-order valence-electron chi connectivity index (χ4n) is 4.39. The monoisotopic (exact) mass is 518 g/mol. The first-order valence-corrected chi connectivity index (χ1v) is 12.4. The Labute approximate surface area is 219 Å². The molecule has 0 saturated carbocycles. The highest BCUT2D eigenvalue weighted by Gasteiger charge is 2.29. The summed E-state index contributed by atoms with van der Waals surface area (Å²) in [6, 6.07) is 26.4. The number of hydrogen-bond acceptors (Lipinski definition) is 3. The van der Waals surface area contributed by atoms with Crippen molar-refractivity contribution in [2.45, 2.75) is 25.6 Å². The summed E-state index contributed by atoms with van der Waals surface area (Å²) in [5.74, 6) is -0.539. The largest absolute Gasteiger partial charge is 0.344 e. The maximum Gasteiger partial charge on any atom is 0.272 e. The number of nitrogens with one attached hydrogen (secondary N) is 1. The molecule has 0 saturated heterocycles. The maximum atomic E-state index is 13.3. The minimum Gasteiger partial charge on any atom is -0.344 e. The average Bonchev–Trinajstić information content (AvgIpc) is 3.34. The average molecular weight is 519 g/mol. The van der Waals surface area contributed by atoms with Gasteiger partial charge in [-0.25, -0.2) is 0 Å². The Balaban J connectivity index is 1.34. The number of amides is 2. The number of benzene rings is 3. The summed E-state index contributed by atoms with van der Waals surface area (Å²) >= 11 is 12.6. The van der Waals surface area contributed by atoms with E-state index in [2.05, 4.69) is 10.4 Å². The van der Waals surface area contributed by atoms with Crippen molar-refractivity contribution in [1.82, 2.24) is 20.0 Å². The zero-order chi connectivity index (χ0) is 25.1. The van der Waals surface area contributed by atoms with Gasteiger partial charge in [0.25, 0.3) is 11.8 Å². The molecule has 5 rings (SSSR count). The van der Waals surface area contributed by atoms with Crippen LogP contribution in [0, 0.1) is 0 Å².